The first-order valence-corrected chi connectivity index (χ1v) is 18.2. The number of nitrogens with two attached hydrogens (primary N) is 2. The average Bonchev–Trinajstić information content (AvgIpc) is 3.82. The highest BCUT2D eigenvalue weighted by atomic mass is 32.1. The van der Waals surface area contributed by atoms with Gasteiger partial charge in [0.2, 0.25) is 11.8 Å². The highest BCUT2D eigenvalue weighted by Crippen LogP contribution is 2.46. The highest BCUT2D eigenvalue weighted by molar-refractivity contribution is 7.23. The van der Waals surface area contributed by atoms with Crippen LogP contribution in [0.4, 0.5) is 29.8 Å². The van der Waals surface area contributed by atoms with E-state index in [-0.39, 0.29) is 91.9 Å². The van der Waals surface area contributed by atoms with Crippen LogP contribution in [0, 0.1) is 23.0 Å². The number of halogens is 3. The van der Waals surface area contributed by atoms with Gasteiger partial charge in [-0.3, -0.25) is 9.69 Å². The van der Waals surface area contributed by atoms with E-state index in [0.717, 1.165) is 24.3 Å². The summed E-state index contributed by atoms with van der Waals surface area (Å²) in [5.41, 5.74) is 12.8. The number of thiophene rings is 1. The van der Waals surface area contributed by atoms with Crippen molar-refractivity contribution in [3.63, 3.8) is 0 Å². The average molecular weight is 759 g/mol. The van der Waals surface area contributed by atoms with Crippen LogP contribution in [0.2, 0.25) is 0 Å². The van der Waals surface area contributed by atoms with Crippen LogP contribution >= 0.6 is 11.3 Å². The molecule has 8 rings (SSSR count). The third-order valence-corrected chi connectivity index (χ3v) is 10.9. The number of nitrogen functional groups attached to an aromatic ring is 2. The molecule has 3 aliphatic heterocycles. The smallest absolute Gasteiger partial charge is 0.318 e. The predicted octanol–water partition coefficient (Wildman–Crippen LogP) is 5.45. The van der Waals surface area contributed by atoms with Crippen molar-refractivity contribution < 1.29 is 27.4 Å². The van der Waals surface area contributed by atoms with Crippen LogP contribution in [0.25, 0.3) is 32.2 Å². The summed E-state index contributed by atoms with van der Waals surface area (Å²) in [5.74, 6) is -1.26. The van der Waals surface area contributed by atoms with Gasteiger partial charge in [-0.05, 0) is 56.5 Å². The molecule has 17 heteroatoms. The minimum atomic E-state index is -0.863. The van der Waals surface area contributed by atoms with Crippen LogP contribution < -0.4 is 31.2 Å². The molecule has 3 aliphatic rings. The zero-order valence-corrected chi connectivity index (χ0v) is 30.1. The lowest BCUT2D eigenvalue weighted by atomic mass is 10.0. The quantitative estimate of drug-likeness (QED) is 0.171. The number of fused-ring (bicyclic) bond motifs is 2. The lowest BCUT2D eigenvalue weighted by Crippen LogP contribution is -2.35. The summed E-state index contributed by atoms with van der Waals surface area (Å²) in [6, 6.07) is 8.02. The molecule has 2 saturated heterocycles. The molecule has 5 aromatic rings. The Kier molecular flexibility index (Phi) is 10.4. The maximum atomic E-state index is 16.7. The minimum absolute atomic E-state index is 0.0187. The minimum Gasteiger partial charge on any atom is -0.475 e. The molecule has 3 atom stereocenters. The first kappa shape index (κ1) is 36.6. The molecule has 13 nitrogen and oxygen atoms in total. The number of nitrogens with one attached hydrogen (secondary N) is 1. The van der Waals surface area contributed by atoms with Crippen LogP contribution in [-0.4, -0.2) is 82.9 Å². The molecular formula is C37H37F3N10O3S. The monoisotopic (exact) mass is 758 g/mol. The Morgan fingerprint density at radius 1 is 1.24 bits per heavy atom. The highest BCUT2D eigenvalue weighted by Gasteiger charge is 2.35. The van der Waals surface area contributed by atoms with Crippen LogP contribution in [0.15, 0.2) is 43.1 Å². The van der Waals surface area contributed by atoms with Gasteiger partial charge in [0.05, 0.1) is 30.0 Å². The second-order valence-corrected chi connectivity index (χ2v) is 14.1. The van der Waals surface area contributed by atoms with Crippen molar-refractivity contribution in [3.8, 4) is 29.2 Å². The number of aromatic nitrogens is 4. The van der Waals surface area contributed by atoms with E-state index < -0.39 is 23.8 Å². The van der Waals surface area contributed by atoms with Crippen molar-refractivity contribution in [1.29, 1.82) is 5.26 Å². The Morgan fingerprint density at radius 3 is 2.81 bits per heavy atom. The number of hydrogen-bond donors (Lipinski definition) is 3. The van der Waals surface area contributed by atoms with Gasteiger partial charge in [-0.25, -0.2) is 23.1 Å². The van der Waals surface area contributed by atoms with Gasteiger partial charge in [0.25, 0.3) is 0 Å². The number of carbonyl (C=O) groups is 1. The van der Waals surface area contributed by atoms with Crippen LogP contribution in [0.1, 0.15) is 42.9 Å². The number of ether oxygens (including phenoxy) is 2. The Labute approximate surface area is 312 Å². The van der Waals surface area contributed by atoms with Crippen molar-refractivity contribution in [2.45, 2.75) is 43.9 Å². The fourth-order valence-corrected chi connectivity index (χ4v) is 8.40. The molecular weight excluding hydrogens is 722 g/mol. The standard InChI is InChI=1S/C30H25F2N9O3S.C7H12FN/c1-3-19(42)36-10-8-18(14-5-4-9-37-26(14)34)41-11-12-44-29-21-24(39-30(43-2)40-28(21)41)22(32)23(38-29)15-6-7-17(31)25-20(15)16(13-33)27(35)45-25;8-6-4-7-2-1-3-9(7)5-6/h3-7,9,18H,1,8,10-12,35H2,2H3,(H2,34,37)(H,36,42);6-7H,1-5H2. The number of methoxy groups -OCH3 is 1. The van der Waals surface area contributed by atoms with E-state index in [2.05, 4.69) is 36.7 Å². The predicted molar refractivity (Wildman–Crippen MR) is 200 cm³/mol. The maximum Gasteiger partial charge on any atom is 0.318 e. The fraction of sp³-hybridized carbons (Fsp3) is 0.351. The molecule has 0 saturated carbocycles. The number of pyridine rings is 2. The number of amides is 1. The molecule has 0 aliphatic carbocycles. The second kappa shape index (κ2) is 15.3. The number of nitrogens with zero attached hydrogens (tertiary/aromatic N) is 7. The van der Waals surface area contributed by atoms with E-state index in [1.54, 1.807) is 12.3 Å². The Hall–Kier alpha value is -5.73. The molecule has 5 N–H and O–H groups in total. The van der Waals surface area contributed by atoms with Crippen molar-refractivity contribution in [2.75, 3.05) is 56.3 Å². The molecule has 280 valence electrons. The van der Waals surface area contributed by atoms with Crippen molar-refractivity contribution in [3.05, 3.63) is 65.9 Å². The van der Waals surface area contributed by atoms with Crippen molar-refractivity contribution in [2.24, 2.45) is 0 Å². The number of alkyl halides is 1. The molecule has 1 aromatic carbocycles. The van der Waals surface area contributed by atoms with Gasteiger partial charge in [-0.2, -0.15) is 15.2 Å². The molecule has 54 heavy (non-hydrogen) atoms. The van der Waals surface area contributed by atoms with Crippen molar-refractivity contribution in [1.82, 2.24) is 30.2 Å². The third-order valence-electron chi connectivity index (χ3n) is 9.89. The largest absolute Gasteiger partial charge is 0.475 e. The van der Waals surface area contributed by atoms with Gasteiger partial charge in [0, 0.05) is 41.8 Å². The number of nitriles is 1. The fourth-order valence-electron chi connectivity index (χ4n) is 7.46. The lowest BCUT2D eigenvalue weighted by Gasteiger charge is -2.33. The summed E-state index contributed by atoms with van der Waals surface area (Å²) in [6.45, 7) is 5.93. The summed E-state index contributed by atoms with van der Waals surface area (Å²) >= 11 is 0.893. The topological polar surface area (TPSA) is 181 Å². The number of hydrogen-bond acceptors (Lipinski definition) is 13. The number of anilines is 3. The molecule has 3 unspecified atom stereocenters. The van der Waals surface area contributed by atoms with Crippen LogP contribution in [0.5, 0.6) is 11.9 Å². The van der Waals surface area contributed by atoms with Gasteiger partial charge < -0.3 is 31.2 Å². The maximum absolute atomic E-state index is 16.7. The first-order chi connectivity index (χ1) is 26.1. The van der Waals surface area contributed by atoms with Crippen LogP contribution in [0.3, 0.4) is 0 Å². The third kappa shape index (κ3) is 6.78. The molecule has 0 spiro atoms. The summed E-state index contributed by atoms with van der Waals surface area (Å²) < 4.78 is 55.6. The molecule has 7 heterocycles. The van der Waals surface area contributed by atoms with Gasteiger partial charge in [0.15, 0.2) is 5.82 Å². The van der Waals surface area contributed by atoms with Gasteiger partial charge >= 0.3 is 6.01 Å². The van der Waals surface area contributed by atoms with Gasteiger partial charge in [-0.1, -0.05) is 12.6 Å². The van der Waals surface area contributed by atoms with E-state index >= 15 is 4.39 Å². The SMILES string of the molecule is C=CC(=O)NCCC(c1cccnc1N)N1CCOc2nc(-c3ccc(F)c4sc(N)c(C#N)c34)c(F)c3nc(OC)nc1c23.FC1CC2CCCN2C1. The molecule has 0 radical (unpaired) electrons. The van der Waals surface area contributed by atoms with Gasteiger partial charge in [-0.15, -0.1) is 11.3 Å². The van der Waals surface area contributed by atoms with E-state index in [0.29, 0.717) is 24.6 Å². The Bertz CT molecular complexity index is 2290. The summed E-state index contributed by atoms with van der Waals surface area (Å²) in [7, 11) is 1.35. The normalized spacial score (nSPS) is 18.2. The Morgan fingerprint density at radius 2 is 2.07 bits per heavy atom. The van der Waals surface area contributed by atoms with E-state index in [1.165, 1.54) is 38.2 Å². The number of carbonyl (C=O) groups excluding carboxylic acids is 1. The van der Waals surface area contributed by atoms with E-state index in [1.807, 2.05) is 17.0 Å². The summed E-state index contributed by atoms with van der Waals surface area (Å²) in [4.78, 5) is 33.8. The lowest BCUT2D eigenvalue weighted by molar-refractivity contribution is -0.116. The van der Waals surface area contributed by atoms with Crippen molar-refractivity contribution >= 4 is 54.9 Å². The molecule has 0 bridgehead atoms. The summed E-state index contributed by atoms with van der Waals surface area (Å²) in [6.07, 6.45) is 5.91. The second-order valence-electron chi connectivity index (χ2n) is 13.0. The zero-order chi connectivity index (χ0) is 38.1. The number of rotatable bonds is 8. The van der Waals surface area contributed by atoms with Gasteiger partial charge in [0.1, 0.15) is 57.9 Å². The first-order valence-electron chi connectivity index (χ1n) is 17.4. The summed E-state index contributed by atoms with van der Waals surface area (Å²) in [5, 5.41) is 13.0. The molecule has 1 amide bonds. The van der Waals surface area contributed by atoms with E-state index in [9.17, 15) is 18.8 Å². The Balaban J connectivity index is 0.000000433. The number of benzene rings is 1. The molecule has 2 fully saturated rings. The molecule has 4 aromatic heterocycles. The van der Waals surface area contributed by atoms with Crippen LogP contribution in [-0.2, 0) is 4.79 Å². The zero-order valence-electron chi connectivity index (χ0n) is 29.3. The van der Waals surface area contributed by atoms with E-state index in [4.69, 9.17) is 20.9 Å².